The van der Waals surface area contributed by atoms with E-state index < -0.39 is 0 Å². The normalized spacial score (nSPS) is 11.2. The lowest BCUT2D eigenvalue weighted by Crippen LogP contribution is -2.07. The molecule has 0 atom stereocenters. The van der Waals surface area contributed by atoms with Crippen molar-refractivity contribution in [2.75, 3.05) is 0 Å². The van der Waals surface area contributed by atoms with Gasteiger partial charge in [0.05, 0.1) is 5.52 Å². The molecule has 0 saturated carbocycles. The van der Waals surface area contributed by atoms with Crippen LogP contribution in [0.1, 0.15) is 0 Å². The van der Waals surface area contributed by atoms with Crippen molar-refractivity contribution in [2.24, 2.45) is 0 Å². The van der Waals surface area contributed by atoms with E-state index in [1.165, 1.54) is 6.07 Å². The van der Waals surface area contributed by atoms with E-state index in [2.05, 4.69) is 26.1 Å². The highest BCUT2D eigenvalue weighted by molar-refractivity contribution is 5.89. The summed E-state index contributed by atoms with van der Waals surface area (Å²) >= 11 is 0. The van der Waals surface area contributed by atoms with Crippen LogP contribution in [0.2, 0.25) is 0 Å². The van der Waals surface area contributed by atoms with Crippen LogP contribution in [-0.2, 0) is 0 Å². The second-order valence-electron chi connectivity index (χ2n) is 5.98. The number of nitrogens with one attached hydrogen (secondary N) is 1. The van der Waals surface area contributed by atoms with E-state index in [0.29, 0.717) is 11.5 Å². The summed E-state index contributed by atoms with van der Waals surface area (Å²) in [5, 5.41) is 6.23. The third kappa shape index (κ3) is 2.36. The predicted octanol–water partition coefficient (Wildman–Crippen LogP) is 3.32. The molecule has 124 valence electrons. The maximum Gasteiger partial charge on any atom is 0.249 e. The van der Waals surface area contributed by atoms with Gasteiger partial charge in [-0.25, -0.2) is 9.67 Å². The third-order valence-electron chi connectivity index (χ3n) is 4.32. The summed E-state index contributed by atoms with van der Waals surface area (Å²) in [6.07, 6.45) is 5.32. The Bertz CT molecular complexity index is 1310. The molecule has 0 radical (unpaired) electrons. The molecular weight excluding hydrogens is 326 g/mol. The van der Waals surface area contributed by atoms with Gasteiger partial charge >= 0.3 is 0 Å². The number of pyridine rings is 3. The molecule has 0 aliphatic heterocycles. The zero-order valence-electron chi connectivity index (χ0n) is 13.6. The summed E-state index contributed by atoms with van der Waals surface area (Å²) in [5.74, 6) is 0.660. The quantitative estimate of drug-likeness (QED) is 0.535. The van der Waals surface area contributed by atoms with Crippen LogP contribution in [0.4, 0.5) is 0 Å². The summed E-state index contributed by atoms with van der Waals surface area (Å²) in [6, 6.07) is 17.2. The molecule has 0 fully saturated rings. The Balaban J connectivity index is 1.83. The maximum atomic E-state index is 11.7. The van der Waals surface area contributed by atoms with Gasteiger partial charge in [0.25, 0.3) is 0 Å². The third-order valence-corrected chi connectivity index (χ3v) is 4.32. The average molecular weight is 339 g/mol. The van der Waals surface area contributed by atoms with Gasteiger partial charge in [0.1, 0.15) is 5.65 Å². The SMILES string of the molecule is O=c1ccc2cc(-c3ccc4ncccc4c3)c(-n3cccn3)nc2[nH]1. The first-order chi connectivity index (χ1) is 12.8. The van der Waals surface area contributed by atoms with E-state index in [1.807, 2.05) is 42.6 Å². The zero-order valence-corrected chi connectivity index (χ0v) is 13.6. The first kappa shape index (κ1) is 14.5. The van der Waals surface area contributed by atoms with Crippen LogP contribution in [-0.4, -0.2) is 24.7 Å². The molecule has 1 aromatic carbocycles. The monoisotopic (exact) mass is 339 g/mol. The van der Waals surface area contributed by atoms with Crippen LogP contribution in [0, 0.1) is 0 Å². The van der Waals surface area contributed by atoms with Gasteiger partial charge in [-0.2, -0.15) is 5.10 Å². The summed E-state index contributed by atoms with van der Waals surface area (Å²) in [7, 11) is 0. The van der Waals surface area contributed by atoms with Gasteiger partial charge in [-0.05, 0) is 42.0 Å². The first-order valence-electron chi connectivity index (χ1n) is 8.17. The summed E-state index contributed by atoms with van der Waals surface area (Å²) in [5.41, 5.74) is 3.24. The number of benzene rings is 1. The van der Waals surface area contributed by atoms with Gasteiger partial charge in [-0.15, -0.1) is 0 Å². The number of aromatic nitrogens is 5. The molecule has 0 aliphatic carbocycles. The van der Waals surface area contributed by atoms with Crippen LogP contribution < -0.4 is 5.56 Å². The second kappa shape index (κ2) is 5.63. The van der Waals surface area contributed by atoms with Crippen LogP contribution >= 0.6 is 0 Å². The summed E-state index contributed by atoms with van der Waals surface area (Å²) in [4.78, 5) is 23.5. The van der Waals surface area contributed by atoms with Crippen LogP contribution in [0.3, 0.4) is 0 Å². The molecule has 6 nitrogen and oxygen atoms in total. The van der Waals surface area contributed by atoms with Gasteiger partial charge in [-0.1, -0.05) is 12.1 Å². The van der Waals surface area contributed by atoms with Crippen molar-refractivity contribution >= 4 is 21.9 Å². The van der Waals surface area contributed by atoms with E-state index in [0.717, 1.165) is 27.4 Å². The Labute approximate surface area is 147 Å². The molecule has 0 aliphatic rings. The lowest BCUT2D eigenvalue weighted by atomic mass is 10.0. The highest BCUT2D eigenvalue weighted by Crippen LogP contribution is 2.30. The van der Waals surface area contributed by atoms with Crippen molar-refractivity contribution < 1.29 is 0 Å². The second-order valence-corrected chi connectivity index (χ2v) is 5.98. The van der Waals surface area contributed by atoms with Gasteiger partial charge < -0.3 is 4.98 Å². The topological polar surface area (TPSA) is 76.5 Å². The Morgan fingerprint density at radius 3 is 2.77 bits per heavy atom. The van der Waals surface area contributed by atoms with Crippen molar-refractivity contribution in [1.29, 1.82) is 0 Å². The Hall–Kier alpha value is -3.80. The molecule has 5 rings (SSSR count). The lowest BCUT2D eigenvalue weighted by molar-refractivity contribution is 0.852. The number of rotatable bonds is 2. The van der Waals surface area contributed by atoms with Gasteiger partial charge in [0, 0.05) is 41.0 Å². The zero-order chi connectivity index (χ0) is 17.5. The smallest absolute Gasteiger partial charge is 0.249 e. The Morgan fingerprint density at radius 1 is 0.923 bits per heavy atom. The first-order valence-corrected chi connectivity index (χ1v) is 8.17. The number of fused-ring (bicyclic) bond motifs is 2. The van der Waals surface area contributed by atoms with Crippen LogP contribution in [0.5, 0.6) is 0 Å². The van der Waals surface area contributed by atoms with E-state index in [1.54, 1.807) is 23.1 Å². The summed E-state index contributed by atoms with van der Waals surface area (Å²) in [6.45, 7) is 0. The highest BCUT2D eigenvalue weighted by Gasteiger charge is 2.12. The maximum absolute atomic E-state index is 11.7. The molecule has 0 amide bonds. The van der Waals surface area contributed by atoms with Crippen molar-refractivity contribution in [3.63, 3.8) is 0 Å². The Kier molecular flexibility index (Phi) is 3.15. The van der Waals surface area contributed by atoms with Gasteiger partial charge in [-0.3, -0.25) is 9.78 Å². The lowest BCUT2D eigenvalue weighted by Gasteiger charge is -2.11. The minimum absolute atomic E-state index is 0.180. The molecule has 0 saturated heterocycles. The number of H-pyrrole nitrogens is 1. The standard InChI is InChI=1S/C20H13N5O/c26-18-7-5-15-12-16(13-4-6-17-14(11-13)3-1-8-21-17)20(24-19(15)23-18)25-10-2-9-22-25/h1-12H,(H,23,24,26). The molecular formula is C20H13N5O. The molecule has 1 N–H and O–H groups in total. The minimum Gasteiger partial charge on any atom is -0.307 e. The van der Waals surface area contributed by atoms with Crippen molar-refractivity contribution in [3.05, 3.63) is 83.5 Å². The molecule has 0 bridgehead atoms. The minimum atomic E-state index is -0.180. The van der Waals surface area contributed by atoms with E-state index in [4.69, 9.17) is 0 Å². The van der Waals surface area contributed by atoms with Crippen molar-refractivity contribution in [2.45, 2.75) is 0 Å². The molecule has 5 aromatic rings. The van der Waals surface area contributed by atoms with E-state index >= 15 is 0 Å². The molecule has 6 heteroatoms. The average Bonchev–Trinajstić information content (AvgIpc) is 3.21. The fourth-order valence-corrected chi connectivity index (χ4v) is 3.09. The molecule has 4 aromatic heterocycles. The van der Waals surface area contributed by atoms with Crippen LogP contribution in [0.25, 0.3) is 38.9 Å². The van der Waals surface area contributed by atoms with Crippen molar-refractivity contribution in [1.82, 2.24) is 24.7 Å². The number of nitrogens with zero attached hydrogens (tertiary/aromatic N) is 4. The van der Waals surface area contributed by atoms with Crippen LogP contribution in [0.15, 0.2) is 78.0 Å². The number of hydrogen-bond acceptors (Lipinski definition) is 4. The highest BCUT2D eigenvalue weighted by atomic mass is 16.1. The molecule has 0 spiro atoms. The fourth-order valence-electron chi connectivity index (χ4n) is 3.09. The Morgan fingerprint density at radius 2 is 1.88 bits per heavy atom. The van der Waals surface area contributed by atoms with Gasteiger partial charge in [0.2, 0.25) is 5.56 Å². The number of hydrogen-bond donors (Lipinski definition) is 1. The van der Waals surface area contributed by atoms with E-state index in [9.17, 15) is 4.79 Å². The fraction of sp³-hybridized carbons (Fsp3) is 0. The molecule has 26 heavy (non-hydrogen) atoms. The predicted molar refractivity (Wildman–Crippen MR) is 100 cm³/mol. The largest absolute Gasteiger partial charge is 0.307 e. The summed E-state index contributed by atoms with van der Waals surface area (Å²) < 4.78 is 1.70. The number of aromatic amines is 1. The van der Waals surface area contributed by atoms with Crippen molar-refractivity contribution in [3.8, 4) is 16.9 Å². The van der Waals surface area contributed by atoms with E-state index in [-0.39, 0.29) is 5.56 Å². The molecule has 0 unspecified atom stereocenters. The van der Waals surface area contributed by atoms with Gasteiger partial charge in [0.15, 0.2) is 5.82 Å². The molecule has 4 heterocycles.